The molecule has 0 radical (unpaired) electrons. The second-order valence-electron chi connectivity index (χ2n) is 17.3. The van der Waals surface area contributed by atoms with E-state index >= 15 is 0 Å². The van der Waals surface area contributed by atoms with Gasteiger partial charge in [0.05, 0.1) is 52.3 Å². The molecule has 0 aliphatic rings. The van der Waals surface area contributed by atoms with Crippen LogP contribution in [0.2, 0.25) is 0 Å². The van der Waals surface area contributed by atoms with E-state index in [0.717, 1.165) is 88.2 Å². The Morgan fingerprint density at radius 3 is 1.10 bits per heavy atom. The number of hydrogen-bond donors (Lipinski definition) is 2. The summed E-state index contributed by atoms with van der Waals surface area (Å²) < 4.78 is 33.7. The average molecular weight is 955 g/mol. The number of carbonyl (C=O) groups excluding carboxylic acids is 2. The van der Waals surface area contributed by atoms with Gasteiger partial charge in [0.25, 0.3) is 11.8 Å². The van der Waals surface area contributed by atoms with E-state index in [9.17, 15) is 9.59 Å². The minimum atomic E-state index is -0.303. The van der Waals surface area contributed by atoms with Crippen molar-refractivity contribution in [2.24, 2.45) is 0 Å². The van der Waals surface area contributed by atoms with E-state index < -0.39 is 0 Å². The van der Waals surface area contributed by atoms with Gasteiger partial charge in [-0.1, -0.05) is 146 Å². The minimum absolute atomic E-state index is 0.244. The maximum absolute atomic E-state index is 13.9. The van der Waals surface area contributed by atoms with Crippen molar-refractivity contribution in [1.82, 2.24) is 19.4 Å². The molecule has 11 heteroatoms. The quantitative estimate of drug-likeness (QED) is 0.111. The van der Waals surface area contributed by atoms with Crippen LogP contribution in [0.4, 0.5) is 0 Å². The van der Waals surface area contributed by atoms with Crippen LogP contribution in [-0.4, -0.2) is 49.0 Å². The number of carbonyl (C=O) groups is 2. The van der Waals surface area contributed by atoms with Crippen molar-refractivity contribution in [1.29, 1.82) is 0 Å². The molecule has 71 heavy (non-hydrogen) atoms. The number of nitrogens with one attached hydrogen (secondary N) is 2. The molecule has 10 rings (SSSR count). The van der Waals surface area contributed by atoms with Crippen LogP contribution < -0.4 is 29.6 Å². The van der Waals surface area contributed by atoms with Gasteiger partial charge in [-0.15, -0.1) is 0 Å². The predicted molar refractivity (Wildman–Crippen MR) is 285 cm³/mol. The van der Waals surface area contributed by atoms with Gasteiger partial charge in [0.2, 0.25) is 0 Å². The lowest BCUT2D eigenvalue weighted by atomic mass is 9.88. The summed E-state index contributed by atoms with van der Waals surface area (Å²) >= 11 is 1.17. The van der Waals surface area contributed by atoms with E-state index in [2.05, 4.69) is 83.4 Å². The molecule has 0 bridgehead atoms. The Balaban J connectivity index is 1.06. The summed E-state index contributed by atoms with van der Waals surface area (Å²) in [6, 6.07) is 56.0. The lowest BCUT2D eigenvalue weighted by molar-refractivity contribution is 0.0924. The number of methoxy groups -OCH3 is 4. The number of nitrogens with zero attached hydrogens (tertiary/aromatic N) is 2. The molecule has 0 aliphatic heterocycles. The molecule has 0 aliphatic carbocycles. The fourth-order valence-electron chi connectivity index (χ4n) is 9.68. The summed E-state index contributed by atoms with van der Waals surface area (Å²) in [5, 5.41) is 10.3. The Kier molecular flexibility index (Phi) is 12.9. The SMILES string of the molecule is COc1cc(-c2cccc3cccc(-c4ccc(-c5cccc6cccc(-c7cc(OC)c(C(=O)N[C@H](C)c8ccccc8)c(OC)c7)c56)c5nsnc45)c23)cc(OC)c1C(=O)N[C@H](C)c1ccccc1. The van der Waals surface area contributed by atoms with E-state index in [0.29, 0.717) is 34.1 Å². The van der Waals surface area contributed by atoms with E-state index in [1.165, 1.54) is 11.7 Å². The van der Waals surface area contributed by atoms with Crippen LogP contribution in [0.1, 0.15) is 57.8 Å². The number of benzene rings is 9. The number of hydrogen-bond acceptors (Lipinski definition) is 9. The summed E-state index contributed by atoms with van der Waals surface area (Å²) in [5.74, 6) is 0.963. The normalized spacial score (nSPS) is 12.1. The summed E-state index contributed by atoms with van der Waals surface area (Å²) in [7, 11) is 6.26. The van der Waals surface area contributed by atoms with Crippen molar-refractivity contribution >= 4 is 56.1 Å². The van der Waals surface area contributed by atoms with Crippen molar-refractivity contribution in [2.45, 2.75) is 25.9 Å². The topological polar surface area (TPSA) is 121 Å². The van der Waals surface area contributed by atoms with Gasteiger partial charge in [0.1, 0.15) is 45.2 Å². The number of fused-ring (bicyclic) bond motifs is 3. The van der Waals surface area contributed by atoms with Gasteiger partial charge in [-0.25, -0.2) is 0 Å². The smallest absolute Gasteiger partial charge is 0.259 e. The lowest BCUT2D eigenvalue weighted by Crippen LogP contribution is -2.27. The van der Waals surface area contributed by atoms with Crippen LogP contribution in [0.15, 0.2) is 170 Å². The van der Waals surface area contributed by atoms with Crippen LogP contribution in [0, 0.1) is 0 Å². The first kappa shape index (κ1) is 46.2. The van der Waals surface area contributed by atoms with Crippen LogP contribution in [-0.2, 0) is 0 Å². The van der Waals surface area contributed by atoms with E-state index in [1.807, 2.05) is 111 Å². The third kappa shape index (κ3) is 8.65. The zero-order valence-corrected chi connectivity index (χ0v) is 40.9. The maximum atomic E-state index is 13.9. The van der Waals surface area contributed by atoms with E-state index in [1.54, 1.807) is 28.4 Å². The molecule has 2 atom stereocenters. The van der Waals surface area contributed by atoms with Gasteiger partial charge < -0.3 is 29.6 Å². The molecule has 10 aromatic rings. The highest BCUT2D eigenvalue weighted by atomic mass is 32.1. The van der Waals surface area contributed by atoms with Crippen molar-refractivity contribution in [3.8, 4) is 67.5 Å². The first-order chi connectivity index (χ1) is 34.7. The Hall–Kier alpha value is -8.54. The minimum Gasteiger partial charge on any atom is -0.496 e. The van der Waals surface area contributed by atoms with Gasteiger partial charge in [-0.3, -0.25) is 9.59 Å². The molecule has 1 aromatic heterocycles. The highest BCUT2D eigenvalue weighted by molar-refractivity contribution is 7.00. The summed E-state index contributed by atoms with van der Waals surface area (Å²) in [4.78, 5) is 27.9. The summed E-state index contributed by atoms with van der Waals surface area (Å²) in [6.45, 7) is 3.90. The Morgan fingerprint density at radius 2 is 0.761 bits per heavy atom. The molecule has 2 amide bonds. The van der Waals surface area contributed by atoms with Crippen molar-refractivity contribution < 1.29 is 28.5 Å². The van der Waals surface area contributed by atoms with Crippen LogP contribution in [0.25, 0.3) is 77.1 Å². The second-order valence-corrected chi connectivity index (χ2v) is 17.8. The average Bonchev–Trinajstić information content (AvgIpc) is 3.92. The third-order valence-electron chi connectivity index (χ3n) is 13.2. The highest BCUT2D eigenvalue weighted by Gasteiger charge is 2.26. The molecule has 0 spiro atoms. The zero-order chi connectivity index (χ0) is 49.2. The van der Waals surface area contributed by atoms with E-state index in [4.69, 9.17) is 27.7 Å². The summed E-state index contributed by atoms with van der Waals surface area (Å²) in [6.07, 6.45) is 0. The van der Waals surface area contributed by atoms with Crippen molar-refractivity contribution in [3.63, 3.8) is 0 Å². The van der Waals surface area contributed by atoms with E-state index in [-0.39, 0.29) is 23.9 Å². The number of ether oxygens (including phenoxy) is 4. The molecule has 352 valence electrons. The molecule has 1 heterocycles. The predicted octanol–water partition coefficient (Wildman–Crippen LogP) is 13.7. The second kappa shape index (κ2) is 19.8. The van der Waals surface area contributed by atoms with Crippen molar-refractivity contribution in [3.05, 3.63) is 192 Å². The van der Waals surface area contributed by atoms with Gasteiger partial charge in [0, 0.05) is 11.1 Å². The molecule has 0 unspecified atom stereocenters. The zero-order valence-electron chi connectivity index (χ0n) is 40.1. The fourth-order valence-corrected chi connectivity index (χ4v) is 10.3. The molecule has 0 fully saturated rings. The first-order valence-electron chi connectivity index (χ1n) is 23.2. The molecule has 10 nitrogen and oxygen atoms in total. The standard InChI is InChI=1S/C60H50N4O6S/c1-35(37-17-9-7-10-18-37)61-59(65)55-49(67-3)31-41(32-50(55)68-4)43-25-13-21-39-23-15-27-45(53(39)43)47-29-30-48(58-57(47)63-71-64-58)46-28-16-24-40-22-14-26-44(54(40)46)42-33-51(69-5)56(52(34-42)70-6)60(66)62-36(2)38-19-11-8-12-20-38/h7-36H,1-6H3,(H,61,65)(H,62,66)/t35-,36-/m1/s1. The molecule has 0 saturated heterocycles. The lowest BCUT2D eigenvalue weighted by Gasteiger charge is -2.20. The van der Waals surface area contributed by atoms with Gasteiger partial charge in [-0.2, -0.15) is 8.75 Å². The monoisotopic (exact) mass is 954 g/mol. The van der Waals surface area contributed by atoms with Gasteiger partial charge >= 0.3 is 0 Å². The van der Waals surface area contributed by atoms with Gasteiger partial charge in [0.15, 0.2) is 0 Å². The first-order valence-corrected chi connectivity index (χ1v) is 24.0. The summed E-state index contributed by atoms with van der Waals surface area (Å²) in [5.41, 5.74) is 11.4. The Labute approximate surface area is 416 Å². The van der Waals surface area contributed by atoms with Crippen LogP contribution in [0.3, 0.4) is 0 Å². The molecular formula is C60H50N4O6S. The Morgan fingerprint density at radius 1 is 0.423 bits per heavy atom. The number of rotatable bonds is 14. The van der Waals surface area contributed by atoms with Gasteiger partial charge in [-0.05, 0) is 104 Å². The fraction of sp³-hybridized carbons (Fsp3) is 0.133. The maximum Gasteiger partial charge on any atom is 0.259 e. The van der Waals surface area contributed by atoms with Crippen LogP contribution in [0.5, 0.6) is 23.0 Å². The molecule has 2 N–H and O–H groups in total. The number of amides is 2. The third-order valence-corrected chi connectivity index (χ3v) is 13.7. The molecule has 0 saturated carbocycles. The number of aromatic nitrogens is 2. The Bertz CT molecular complexity index is 3340. The highest BCUT2D eigenvalue weighted by Crippen LogP contribution is 2.46. The van der Waals surface area contributed by atoms with Crippen LogP contribution >= 0.6 is 11.7 Å². The molecule has 9 aromatic carbocycles. The largest absolute Gasteiger partial charge is 0.496 e. The van der Waals surface area contributed by atoms with Crippen molar-refractivity contribution in [2.75, 3.05) is 28.4 Å². The molecular weight excluding hydrogens is 905 g/mol.